The van der Waals surface area contributed by atoms with Crippen LogP contribution in [-0.4, -0.2) is 49.6 Å². The molecule has 0 aromatic heterocycles. The lowest BCUT2D eigenvalue weighted by atomic mass is 10.1. The van der Waals surface area contributed by atoms with Crippen LogP contribution >= 0.6 is 23.2 Å². The summed E-state index contributed by atoms with van der Waals surface area (Å²) in [6, 6.07) is 13.8. The Bertz CT molecular complexity index is 849. The largest absolute Gasteiger partial charge is 0.368 e. The van der Waals surface area contributed by atoms with Gasteiger partial charge in [-0.1, -0.05) is 47.5 Å². The van der Waals surface area contributed by atoms with E-state index in [0.29, 0.717) is 10.0 Å². The third-order valence-corrected chi connectivity index (χ3v) is 6.45. The molecule has 2 aromatic rings. The fraction of sp³-hybridized carbons (Fsp3) is 0.381. The molecule has 0 N–H and O–H groups in total. The lowest BCUT2D eigenvalue weighted by Gasteiger charge is -2.39. The molecule has 1 unspecified atom stereocenters. The Morgan fingerprint density at radius 1 is 0.926 bits per heavy atom. The minimum absolute atomic E-state index is 0.131. The maximum absolute atomic E-state index is 13.1. The highest BCUT2D eigenvalue weighted by atomic mass is 35.5. The summed E-state index contributed by atoms with van der Waals surface area (Å²) in [5, 5.41) is 1.18. The summed E-state index contributed by atoms with van der Waals surface area (Å²) >= 11 is 12.5. The van der Waals surface area contributed by atoms with Gasteiger partial charge in [0.25, 0.3) is 0 Å². The number of amides is 1. The molecule has 1 amide bonds. The van der Waals surface area contributed by atoms with Crippen LogP contribution in [0.4, 0.5) is 11.4 Å². The van der Waals surface area contributed by atoms with Crippen LogP contribution in [-0.2, 0) is 11.2 Å². The fourth-order valence-corrected chi connectivity index (χ4v) is 4.45. The fourth-order valence-electron chi connectivity index (χ4n) is 4.04. The SMILES string of the molecule is CC(C(=O)N1CCc2ccccc21)N1CCN(c2cccc(Cl)c2Cl)CC1. The van der Waals surface area contributed by atoms with E-state index in [2.05, 4.69) is 15.9 Å². The number of anilines is 2. The van der Waals surface area contributed by atoms with Crippen LogP contribution in [0.2, 0.25) is 10.0 Å². The van der Waals surface area contributed by atoms with Gasteiger partial charge < -0.3 is 9.80 Å². The van der Waals surface area contributed by atoms with Gasteiger partial charge in [0.1, 0.15) is 0 Å². The molecular formula is C21H23Cl2N3O. The molecule has 0 spiro atoms. The van der Waals surface area contributed by atoms with Gasteiger partial charge in [0.05, 0.1) is 21.8 Å². The molecular weight excluding hydrogens is 381 g/mol. The highest BCUT2D eigenvalue weighted by molar-refractivity contribution is 6.43. The lowest BCUT2D eigenvalue weighted by Crippen LogP contribution is -2.54. The van der Waals surface area contributed by atoms with Crippen molar-refractivity contribution < 1.29 is 4.79 Å². The number of hydrogen-bond acceptors (Lipinski definition) is 3. The normalized spacial score (nSPS) is 18.5. The van der Waals surface area contributed by atoms with E-state index in [1.165, 1.54) is 5.56 Å². The van der Waals surface area contributed by atoms with Gasteiger partial charge >= 0.3 is 0 Å². The molecule has 1 fully saturated rings. The lowest BCUT2D eigenvalue weighted by molar-refractivity contribution is -0.123. The van der Waals surface area contributed by atoms with Crippen molar-refractivity contribution in [2.24, 2.45) is 0 Å². The zero-order chi connectivity index (χ0) is 19.0. The van der Waals surface area contributed by atoms with Gasteiger partial charge in [-0.25, -0.2) is 0 Å². The number of fused-ring (bicyclic) bond motifs is 1. The quantitative estimate of drug-likeness (QED) is 0.771. The summed E-state index contributed by atoms with van der Waals surface area (Å²) in [5.74, 6) is 0.189. The first-order valence-electron chi connectivity index (χ1n) is 9.38. The van der Waals surface area contributed by atoms with Crippen LogP contribution < -0.4 is 9.80 Å². The van der Waals surface area contributed by atoms with Gasteiger partial charge in [-0.15, -0.1) is 0 Å². The van der Waals surface area contributed by atoms with E-state index in [-0.39, 0.29) is 11.9 Å². The Hall–Kier alpha value is -1.75. The van der Waals surface area contributed by atoms with Crippen molar-refractivity contribution in [2.75, 3.05) is 42.5 Å². The standard InChI is InChI=1S/C21H23Cl2N3O/c1-15(21(27)26-10-9-16-5-2-3-7-18(16)26)24-11-13-25(14-12-24)19-8-4-6-17(22)20(19)23/h2-8,15H,9-14H2,1H3. The van der Waals surface area contributed by atoms with Crippen LogP contribution in [0.15, 0.2) is 42.5 Å². The monoisotopic (exact) mass is 403 g/mol. The van der Waals surface area contributed by atoms with Crippen LogP contribution in [0.1, 0.15) is 12.5 Å². The number of halogens is 2. The van der Waals surface area contributed by atoms with Crippen molar-refractivity contribution in [3.63, 3.8) is 0 Å². The molecule has 2 aliphatic rings. The Kier molecular flexibility index (Phi) is 5.31. The second-order valence-corrected chi connectivity index (χ2v) is 7.93. The van der Waals surface area contributed by atoms with E-state index in [4.69, 9.17) is 23.2 Å². The third-order valence-electron chi connectivity index (χ3n) is 5.64. The predicted octanol–water partition coefficient (Wildman–Crippen LogP) is 4.09. The number of carbonyl (C=O) groups is 1. The molecule has 1 saturated heterocycles. The molecule has 0 radical (unpaired) electrons. The third kappa shape index (κ3) is 3.54. The smallest absolute Gasteiger partial charge is 0.244 e. The van der Waals surface area contributed by atoms with Crippen LogP contribution in [0.5, 0.6) is 0 Å². The van der Waals surface area contributed by atoms with Gasteiger partial charge in [-0.3, -0.25) is 9.69 Å². The van der Waals surface area contributed by atoms with Gasteiger partial charge in [0, 0.05) is 38.4 Å². The van der Waals surface area contributed by atoms with Crippen LogP contribution in [0.3, 0.4) is 0 Å². The Morgan fingerprint density at radius 2 is 1.63 bits per heavy atom. The van der Waals surface area contributed by atoms with E-state index < -0.39 is 0 Å². The minimum atomic E-state index is -0.131. The van der Waals surface area contributed by atoms with Gasteiger partial charge in [0.15, 0.2) is 0 Å². The highest BCUT2D eigenvalue weighted by Gasteiger charge is 2.32. The van der Waals surface area contributed by atoms with E-state index >= 15 is 0 Å². The van der Waals surface area contributed by atoms with Crippen molar-refractivity contribution in [1.29, 1.82) is 0 Å². The van der Waals surface area contributed by atoms with E-state index in [1.807, 2.05) is 42.2 Å². The summed E-state index contributed by atoms with van der Waals surface area (Å²) in [6.45, 7) is 6.10. The van der Waals surface area contributed by atoms with Gasteiger partial charge in [0.2, 0.25) is 5.91 Å². The number of piperazine rings is 1. The van der Waals surface area contributed by atoms with Crippen molar-refractivity contribution in [3.8, 4) is 0 Å². The average molecular weight is 404 g/mol. The molecule has 4 nitrogen and oxygen atoms in total. The minimum Gasteiger partial charge on any atom is -0.368 e. The molecule has 142 valence electrons. The van der Waals surface area contributed by atoms with Crippen LogP contribution in [0, 0.1) is 0 Å². The summed E-state index contributed by atoms with van der Waals surface area (Å²) in [6.07, 6.45) is 0.940. The van der Waals surface area contributed by atoms with E-state index in [9.17, 15) is 4.79 Å². The van der Waals surface area contributed by atoms with Crippen molar-refractivity contribution >= 4 is 40.5 Å². The number of benzene rings is 2. The number of nitrogens with zero attached hydrogens (tertiary/aromatic N) is 3. The second-order valence-electron chi connectivity index (χ2n) is 7.14. The first-order chi connectivity index (χ1) is 13.1. The predicted molar refractivity (Wildman–Crippen MR) is 112 cm³/mol. The van der Waals surface area contributed by atoms with Crippen molar-refractivity contribution in [3.05, 3.63) is 58.1 Å². The summed E-state index contributed by atoms with van der Waals surface area (Å²) in [5.41, 5.74) is 3.30. The Labute approximate surface area is 170 Å². The maximum atomic E-state index is 13.1. The second kappa shape index (κ2) is 7.70. The molecule has 0 bridgehead atoms. The van der Waals surface area contributed by atoms with E-state index in [0.717, 1.165) is 50.5 Å². The average Bonchev–Trinajstić information content (AvgIpc) is 3.13. The first kappa shape index (κ1) is 18.6. The molecule has 4 rings (SSSR count). The molecule has 2 heterocycles. The van der Waals surface area contributed by atoms with E-state index in [1.54, 1.807) is 6.07 Å². The van der Waals surface area contributed by atoms with Gasteiger partial charge in [-0.2, -0.15) is 0 Å². The van der Waals surface area contributed by atoms with Gasteiger partial charge in [-0.05, 0) is 37.1 Å². The summed E-state index contributed by atoms with van der Waals surface area (Å²) in [7, 11) is 0. The number of para-hydroxylation sites is 1. The van der Waals surface area contributed by atoms with Crippen molar-refractivity contribution in [2.45, 2.75) is 19.4 Å². The highest BCUT2D eigenvalue weighted by Crippen LogP contribution is 2.33. The molecule has 0 saturated carbocycles. The molecule has 27 heavy (non-hydrogen) atoms. The topological polar surface area (TPSA) is 26.8 Å². The molecule has 6 heteroatoms. The van der Waals surface area contributed by atoms with Crippen LogP contribution in [0.25, 0.3) is 0 Å². The molecule has 1 atom stereocenters. The maximum Gasteiger partial charge on any atom is 0.244 e. The number of carbonyl (C=O) groups excluding carboxylic acids is 1. The summed E-state index contributed by atoms with van der Waals surface area (Å²) < 4.78 is 0. The molecule has 2 aliphatic heterocycles. The van der Waals surface area contributed by atoms with Crippen molar-refractivity contribution in [1.82, 2.24) is 4.90 Å². The number of hydrogen-bond donors (Lipinski definition) is 0. The molecule has 2 aromatic carbocycles. The Morgan fingerprint density at radius 3 is 2.41 bits per heavy atom. The molecule has 0 aliphatic carbocycles. The summed E-state index contributed by atoms with van der Waals surface area (Å²) in [4.78, 5) is 19.5. The Balaban J connectivity index is 1.41. The first-order valence-corrected chi connectivity index (χ1v) is 10.1. The zero-order valence-electron chi connectivity index (χ0n) is 15.4. The zero-order valence-corrected chi connectivity index (χ0v) is 16.9. The number of rotatable bonds is 3.